The van der Waals surface area contributed by atoms with Crippen LogP contribution in [0.5, 0.6) is 0 Å². The fourth-order valence-corrected chi connectivity index (χ4v) is 1.31. The molecule has 2 aromatic carbocycles. The van der Waals surface area contributed by atoms with Gasteiger partial charge in [0.2, 0.25) is 0 Å². The quantitative estimate of drug-likeness (QED) is 0.675. The molecule has 0 spiro atoms. The third-order valence-corrected chi connectivity index (χ3v) is 1.90. The number of rotatable bonds is 0. The van der Waals surface area contributed by atoms with E-state index in [0.717, 1.165) is 0 Å². The molecule has 0 aliphatic carbocycles. The maximum atomic E-state index is 8.70. The van der Waals surface area contributed by atoms with Gasteiger partial charge in [-0.15, -0.1) is 9.79 Å². The summed E-state index contributed by atoms with van der Waals surface area (Å²) in [6.07, 6.45) is 0. The summed E-state index contributed by atoms with van der Waals surface area (Å²) in [6, 6.07) is 14.9. The van der Waals surface area contributed by atoms with Crippen molar-refractivity contribution in [2.75, 3.05) is 0 Å². The highest BCUT2D eigenvalue weighted by molar-refractivity contribution is 7.30. The van der Waals surface area contributed by atoms with Crippen molar-refractivity contribution in [3.63, 3.8) is 0 Å². The van der Waals surface area contributed by atoms with Crippen LogP contribution in [0.1, 0.15) is 5.56 Å². The minimum absolute atomic E-state index is 1.32. The molecule has 0 fully saturated rings. The Morgan fingerprint density at radius 2 is 1.53 bits per heavy atom. The van der Waals surface area contributed by atoms with Crippen LogP contribution in [0.15, 0.2) is 42.5 Å². The molecular formula is C11H12O3P+. The number of aryl methyl sites for hydroxylation is 1. The molecule has 0 aromatic heterocycles. The lowest BCUT2D eigenvalue weighted by molar-refractivity contribution is 0.405. The third-order valence-electron chi connectivity index (χ3n) is 1.90. The lowest BCUT2D eigenvalue weighted by atomic mass is 10.1. The number of benzene rings is 2. The highest BCUT2D eigenvalue weighted by Crippen LogP contribution is 2.14. The second-order valence-electron chi connectivity index (χ2n) is 3.10. The number of hydrogen-bond donors (Lipinski definition) is 2. The van der Waals surface area contributed by atoms with Gasteiger partial charge in [0.1, 0.15) is 0 Å². The first-order valence-electron chi connectivity index (χ1n) is 4.40. The molecule has 0 unspecified atom stereocenters. The van der Waals surface area contributed by atoms with Crippen LogP contribution in [0.3, 0.4) is 0 Å². The fraction of sp³-hybridized carbons (Fsp3) is 0.0909. The van der Waals surface area contributed by atoms with E-state index in [0.29, 0.717) is 0 Å². The summed E-state index contributed by atoms with van der Waals surface area (Å²) in [5.74, 6) is 0. The molecule has 0 bridgehead atoms. The molecule has 4 heteroatoms. The minimum atomic E-state index is -2.87. The summed E-state index contributed by atoms with van der Waals surface area (Å²) in [4.78, 5) is 14.2. The Kier molecular flexibility index (Phi) is 4.37. The van der Waals surface area contributed by atoms with Gasteiger partial charge < -0.3 is 0 Å². The molecule has 0 saturated heterocycles. The van der Waals surface area contributed by atoms with E-state index in [1.807, 2.05) is 0 Å². The fourth-order valence-electron chi connectivity index (χ4n) is 1.31. The maximum Gasteiger partial charge on any atom is 0.692 e. The van der Waals surface area contributed by atoms with Gasteiger partial charge >= 0.3 is 8.25 Å². The van der Waals surface area contributed by atoms with Crippen LogP contribution in [-0.2, 0) is 4.57 Å². The molecule has 15 heavy (non-hydrogen) atoms. The highest BCUT2D eigenvalue weighted by atomic mass is 31.1. The Bertz CT molecular complexity index is 464. The molecule has 0 aliphatic heterocycles. The zero-order valence-corrected chi connectivity index (χ0v) is 9.19. The van der Waals surface area contributed by atoms with Crippen molar-refractivity contribution in [3.05, 3.63) is 48.0 Å². The van der Waals surface area contributed by atoms with Crippen LogP contribution < -0.4 is 0 Å². The third kappa shape index (κ3) is 4.17. The molecule has 78 valence electrons. The molecule has 0 amide bonds. The average molecular weight is 223 g/mol. The Morgan fingerprint density at radius 1 is 1.00 bits per heavy atom. The van der Waals surface area contributed by atoms with E-state index in [-0.39, 0.29) is 0 Å². The van der Waals surface area contributed by atoms with Crippen LogP contribution >= 0.6 is 8.25 Å². The molecule has 0 aliphatic rings. The summed E-state index contributed by atoms with van der Waals surface area (Å²) >= 11 is 0. The van der Waals surface area contributed by atoms with Crippen molar-refractivity contribution in [3.8, 4) is 0 Å². The monoisotopic (exact) mass is 223 g/mol. The standard InChI is InChI=1S/C11H10.HO3P/c1-9-6-7-10-4-2-3-5-11(10)8-9;1-4(2)3/h2-8H,1H3;(H-,1,2,3)/p+1. The minimum Gasteiger partial charge on any atom is -0.134 e. The highest BCUT2D eigenvalue weighted by Gasteiger charge is 1.93. The second-order valence-corrected chi connectivity index (χ2v) is 3.61. The van der Waals surface area contributed by atoms with E-state index in [1.165, 1.54) is 16.3 Å². The van der Waals surface area contributed by atoms with Crippen LogP contribution in [0.25, 0.3) is 10.8 Å². The van der Waals surface area contributed by atoms with Crippen LogP contribution in [0, 0.1) is 6.92 Å². The SMILES string of the molecule is Cc1ccc2ccccc2c1.O=[P+](O)O. The maximum absolute atomic E-state index is 8.70. The van der Waals surface area contributed by atoms with E-state index in [2.05, 4.69) is 49.4 Å². The molecule has 0 radical (unpaired) electrons. The topological polar surface area (TPSA) is 57.5 Å². The van der Waals surface area contributed by atoms with Crippen LogP contribution in [0.4, 0.5) is 0 Å². The summed E-state index contributed by atoms with van der Waals surface area (Å²) in [5.41, 5.74) is 1.32. The summed E-state index contributed by atoms with van der Waals surface area (Å²) < 4.78 is 8.70. The molecule has 0 atom stereocenters. The normalized spacial score (nSPS) is 9.27. The first-order valence-corrected chi connectivity index (χ1v) is 5.56. The van der Waals surface area contributed by atoms with Crippen molar-refractivity contribution < 1.29 is 14.4 Å². The van der Waals surface area contributed by atoms with E-state index < -0.39 is 8.25 Å². The van der Waals surface area contributed by atoms with Gasteiger partial charge in [0.15, 0.2) is 0 Å². The molecule has 3 nitrogen and oxygen atoms in total. The van der Waals surface area contributed by atoms with Gasteiger partial charge in [0.25, 0.3) is 0 Å². The Balaban J connectivity index is 0.000000245. The van der Waals surface area contributed by atoms with Gasteiger partial charge in [-0.1, -0.05) is 48.0 Å². The first-order chi connectivity index (χ1) is 7.09. The van der Waals surface area contributed by atoms with Gasteiger partial charge in [-0.3, -0.25) is 0 Å². The van der Waals surface area contributed by atoms with Crippen molar-refractivity contribution >= 4 is 19.0 Å². The number of fused-ring (bicyclic) bond motifs is 1. The zero-order valence-electron chi connectivity index (χ0n) is 8.29. The number of hydrogen-bond acceptors (Lipinski definition) is 1. The van der Waals surface area contributed by atoms with E-state index in [1.54, 1.807) is 0 Å². The first kappa shape index (κ1) is 11.8. The van der Waals surface area contributed by atoms with E-state index >= 15 is 0 Å². The second kappa shape index (κ2) is 5.56. The van der Waals surface area contributed by atoms with Crippen molar-refractivity contribution in [2.24, 2.45) is 0 Å². The van der Waals surface area contributed by atoms with Crippen LogP contribution in [0.2, 0.25) is 0 Å². The predicted molar refractivity (Wildman–Crippen MR) is 60.7 cm³/mol. The van der Waals surface area contributed by atoms with Crippen molar-refractivity contribution in [1.29, 1.82) is 0 Å². The van der Waals surface area contributed by atoms with Gasteiger partial charge in [-0.05, 0) is 17.7 Å². The predicted octanol–water partition coefficient (Wildman–Crippen LogP) is 2.78. The summed E-state index contributed by atoms with van der Waals surface area (Å²) in [6.45, 7) is 2.12. The lowest BCUT2D eigenvalue weighted by Crippen LogP contribution is -1.73. The molecule has 0 saturated carbocycles. The average Bonchev–Trinajstić information content (AvgIpc) is 2.16. The smallest absolute Gasteiger partial charge is 0.134 e. The van der Waals surface area contributed by atoms with Gasteiger partial charge in [-0.25, -0.2) is 0 Å². The van der Waals surface area contributed by atoms with Crippen molar-refractivity contribution in [1.82, 2.24) is 0 Å². The molecule has 2 N–H and O–H groups in total. The van der Waals surface area contributed by atoms with E-state index in [4.69, 9.17) is 14.4 Å². The Labute approximate surface area is 89.0 Å². The molecular weight excluding hydrogens is 211 g/mol. The molecule has 0 heterocycles. The van der Waals surface area contributed by atoms with Crippen LogP contribution in [-0.4, -0.2) is 9.79 Å². The zero-order chi connectivity index (χ0) is 11.3. The van der Waals surface area contributed by atoms with Gasteiger partial charge in [-0.2, -0.15) is 0 Å². The van der Waals surface area contributed by atoms with Gasteiger partial charge in [0, 0.05) is 4.57 Å². The Hall–Kier alpha value is -1.28. The summed E-state index contributed by atoms with van der Waals surface area (Å²) in [7, 11) is -2.87. The summed E-state index contributed by atoms with van der Waals surface area (Å²) in [5, 5.41) is 2.64. The lowest BCUT2D eigenvalue weighted by Gasteiger charge is -1.96. The van der Waals surface area contributed by atoms with E-state index in [9.17, 15) is 0 Å². The van der Waals surface area contributed by atoms with Gasteiger partial charge in [0.05, 0.1) is 0 Å². The van der Waals surface area contributed by atoms with Crippen molar-refractivity contribution in [2.45, 2.75) is 6.92 Å². The Morgan fingerprint density at radius 3 is 2.13 bits per heavy atom. The molecule has 2 aromatic rings. The molecule has 2 rings (SSSR count). The largest absolute Gasteiger partial charge is 0.692 e.